The number of ether oxygens (including phenoxy) is 1. The highest BCUT2D eigenvalue weighted by Gasteiger charge is 2.47. The number of rotatable bonds is 5. The van der Waals surface area contributed by atoms with E-state index >= 15 is 0 Å². The number of halogens is 2. The molecule has 1 N–H and O–H groups in total. The molecule has 0 spiro atoms. The molecule has 0 aliphatic carbocycles. The molecule has 9 heteroatoms. The van der Waals surface area contributed by atoms with Gasteiger partial charge in [0.1, 0.15) is 11.5 Å². The minimum absolute atomic E-state index is 0.0440. The van der Waals surface area contributed by atoms with E-state index in [0.29, 0.717) is 0 Å². The Morgan fingerprint density at radius 1 is 1.38 bits per heavy atom. The summed E-state index contributed by atoms with van der Waals surface area (Å²) >= 11 is 11.8. The fourth-order valence-electron chi connectivity index (χ4n) is 2.06. The van der Waals surface area contributed by atoms with Gasteiger partial charge < -0.3 is 9.84 Å². The molecule has 0 atom stereocenters. The van der Waals surface area contributed by atoms with E-state index in [1.165, 1.54) is 12.1 Å². The summed E-state index contributed by atoms with van der Waals surface area (Å²) < 4.78 is 31.3. The van der Waals surface area contributed by atoms with E-state index in [4.69, 9.17) is 33.0 Å². The van der Waals surface area contributed by atoms with Crippen LogP contribution in [0.5, 0.6) is 0 Å². The van der Waals surface area contributed by atoms with Gasteiger partial charge in [0, 0.05) is 13.1 Å². The van der Waals surface area contributed by atoms with Gasteiger partial charge in [-0.3, -0.25) is 0 Å². The summed E-state index contributed by atoms with van der Waals surface area (Å²) in [7, 11) is -3.83. The van der Waals surface area contributed by atoms with Crippen LogP contribution in [-0.2, 0) is 19.6 Å². The normalized spacial score (nSPS) is 18.2. The van der Waals surface area contributed by atoms with Crippen LogP contribution in [0.25, 0.3) is 0 Å². The van der Waals surface area contributed by atoms with Crippen molar-refractivity contribution in [3.8, 4) is 0 Å². The van der Waals surface area contributed by atoms with Gasteiger partial charge in [-0.25, -0.2) is 13.2 Å². The number of carbonyl (C=O) groups is 1. The van der Waals surface area contributed by atoms with Crippen LogP contribution in [0.1, 0.15) is 6.92 Å². The first-order valence-corrected chi connectivity index (χ1v) is 8.15. The average Bonchev–Trinajstić information content (AvgIpc) is 2.32. The molecule has 116 valence electrons. The molecule has 0 bridgehead atoms. The van der Waals surface area contributed by atoms with Crippen molar-refractivity contribution in [3.63, 3.8) is 0 Å². The second-order valence-corrected chi connectivity index (χ2v) is 7.65. The van der Waals surface area contributed by atoms with E-state index in [-0.39, 0.29) is 28.0 Å². The third-order valence-electron chi connectivity index (χ3n) is 3.08. The van der Waals surface area contributed by atoms with Crippen molar-refractivity contribution in [2.24, 2.45) is 0 Å². The number of hydrogen-bond donors (Lipinski definition) is 1. The lowest BCUT2D eigenvalue weighted by atomic mass is 10.0. The highest BCUT2D eigenvalue weighted by molar-refractivity contribution is 7.89. The fraction of sp³-hybridized carbons (Fsp3) is 0.417. The quantitative estimate of drug-likeness (QED) is 0.873. The lowest BCUT2D eigenvalue weighted by Gasteiger charge is -2.46. The first-order chi connectivity index (χ1) is 9.66. The zero-order chi connectivity index (χ0) is 15.8. The molecule has 0 aromatic heterocycles. The summed E-state index contributed by atoms with van der Waals surface area (Å²) in [6, 6.07) is 4.44. The van der Waals surface area contributed by atoms with Gasteiger partial charge in [-0.1, -0.05) is 29.3 Å². The zero-order valence-corrected chi connectivity index (χ0v) is 13.4. The molecule has 1 fully saturated rings. The number of sulfonamides is 1. The molecule has 1 aromatic rings. The van der Waals surface area contributed by atoms with Crippen LogP contribution in [-0.4, -0.2) is 49.1 Å². The largest absolute Gasteiger partial charge is 0.480 e. The summed E-state index contributed by atoms with van der Waals surface area (Å²) in [4.78, 5) is 10.3. The summed E-state index contributed by atoms with van der Waals surface area (Å²) in [5, 5.41) is 8.67. The zero-order valence-electron chi connectivity index (χ0n) is 11.0. The molecule has 1 saturated heterocycles. The Bertz CT molecular complexity index is 650. The van der Waals surface area contributed by atoms with Gasteiger partial charge in [0.15, 0.2) is 0 Å². The molecule has 0 saturated carbocycles. The summed E-state index contributed by atoms with van der Waals surface area (Å²) in [6.07, 6.45) is 0. The molecule has 1 aliphatic rings. The minimum atomic E-state index is -3.83. The van der Waals surface area contributed by atoms with E-state index in [1.807, 2.05) is 0 Å². The summed E-state index contributed by atoms with van der Waals surface area (Å²) in [6.45, 7) is 1.27. The average molecular weight is 354 g/mol. The van der Waals surface area contributed by atoms with E-state index in [1.54, 1.807) is 13.0 Å². The number of hydrogen-bond acceptors (Lipinski definition) is 4. The van der Waals surface area contributed by atoms with Crippen molar-refractivity contribution in [1.82, 2.24) is 4.31 Å². The van der Waals surface area contributed by atoms with E-state index < -0.39 is 28.2 Å². The fourth-order valence-corrected chi connectivity index (χ4v) is 4.81. The van der Waals surface area contributed by atoms with Gasteiger partial charge in [0.25, 0.3) is 0 Å². The van der Waals surface area contributed by atoms with Crippen LogP contribution in [0, 0.1) is 0 Å². The van der Waals surface area contributed by atoms with Gasteiger partial charge in [-0.15, -0.1) is 0 Å². The molecule has 0 amide bonds. The third kappa shape index (κ3) is 3.32. The van der Waals surface area contributed by atoms with Crippen LogP contribution < -0.4 is 0 Å². The van der Waals surface area contributed by atoms with Crippen molar-refractivity contribution in [1.29, 1.82) is 0 Å². The van der Waals surface area contributed by atoms with Crippen LogP contribution in [0.2, 0.25) is 10.0 Å². The third-order valence-corrected chi connectivity index (χ3v) is 5.83. The number of benzene rings is 1. The molecule has 21 heavy (non-hydrogen) atoms. The lowest BCUT2D eigenvalue weighted by molar-refractivity contribution is -0.157. The maximum Gasteiger partial charge on any atom is 0.329 e. The molecule has 1 aliphatic heterocycles. The molecule has 0 radical (unpaired) electrons. The Morgan fingerprint density at radius 2 is 1.90 bits per heavy atom. The van der Waals surface area contributed by atoms with Crippen LogP contribution >= 0.6 is 23.2 Å². The first kappa shape index (κ1) is 16.5. The smallest absolute Gasteiger partial charge is 0.329 e. The molecule has 1 aromatic carbocycles. The Hall–Kier alpha value is -0.860. The topological polar surface area (TPSA) is 83.9 Å². The maximum absolute atomic E-state index is 12.5. The Labute approximate surface area is 132 Å². The molecule has 0 unspecified atom stereocenters. The predicted molar refractivity (Wildman–Crippen MR) is 77.2 cm³/mol. The Kier molecular flexibility index (Phi) is 4.51. The SMILES string of the molecule is CC1(OCC(=O)O)CN(S(=O)(=O)c2c(Cl)cccc2Cl)C1. The van der Waals surface area contributed by atoms with E-state index in [9.17, 15) is 13.2 Å². The highest BCUT2D eigenvalue weighted by atomic mass is 35.5. The second kappa shape index (κ2) is 5.73. The van der Waals surface area contributed by atoms with Gasteiger partial charge in [-0.05, 0) is 19.1 Å². The minimum Gasteiger partial charge on any atom is -0.480 e. The van der Waals surface area contributed by atoms with Crippen LogP contribution in [0.4, 0.5) is 0 Å². The molecule has 1 heterocycles. The molecule has 2 rings (SSSR count). The summed E-state index contributed by atoms with van der Waals surface area (Å²) in [5.74, 6) is -1.10. The standard InChI is InChI=1S/C12H13Cl2NO5S/c1-12(20-5-10(16)17)6-15(7-12)21(18,19)11-8(13)3-2-4-9(11)14/h2-4H,5-7H2,1H3,(H,16,17). The van der Waals surface area contributed by atoms with Crippen molar-refractivity contribution in [2.45, 2.75) is 17.4 Å². The van der Waals surface area contributed by atoms with E-state index in [0.717, 1.165) is 4.31 Å². The first-order valence-electron chi connectivity index (χ1n) is 5.96. The van der Waals surface area contributed by atoms with Gasteiger partial charge in [0.05, 0.1) is 15.6 Å². The van der Waals surface area contributed by atoms with Crippen molar-refractivity contribution in [3.05, 3.63) is 28.2 Å². The second-order valence-electron chi connectivity index (χ2n) is 4.96. The van der Waals surface area contributed by atoms with Gasteiger partial charge in [0.2, 0.25) is 10.0 Å². The van der Waals surface area contributed by atoms with Crippen molar-refractivity contribution >= 4 is 39.2 Å². The maximum atomic E-state index is 12.5. The van der Waals surface area contributed by atoms with Gasteiger partial charge in [-0.2, -0.15) is 4.31 Å². The number of nitrogens with zero attached hydrogens (tertiary/aromatic N) is 1. The predicted octanol–water partition coefficient (Wildman–Crippen LogP) is 1.86. The van der Waals surface area contributed by atoms with Crippen molar-refractivity contribution < 1.29 is 23.1 Å². The Balaban J connectivity index is 2.16. The Morgan fingerprint density at radius 3 is 2.38 bits per heavy atom. The van der Waals surface area contributed by atoms with Crippen molar-refractivity contribution in [2.75, 3.05) is 19.7 Å². The molecule has 6 nitrogen and oxygen atoms in total. The molecular weight excluding hydrogens is 341 g/mol. The number of aliphatic carboxylic acids is 1. The number of carboxylic acid groups (broad SMARTS) is 1. The van der Waals surface area contributed by atoms with Gasteiger partial charge >= 0.3 is 5.97 Å². The number of carboxylic acids is 1. The monoisotopic (exact) mass is 353 g/mol. The highest BCUT2D eigenvalue weighted by Crippen LogP contribution is 2.36. The van der Waals surface area contributed by atoms with Crippen LogP contribution in [0.3, 0.4) is 0 Å². The summed E-state index contributed by atoms with van der Waals surface area (Å²) in [5.41, 5.74) is -0.820. The van der Waals surface area contributed by atoms with Crippen LogP contribution in [0.15, 0.2) is 23.1 Å². The van der Waals surface area contributed by atoms with E-state index in [2.05, 4.69) is 0 Å². The lowest BCUT2D eigenvalue weighted by Crippen LogP contribution is -2.63. The molecular formula is C12H13Cl2NO5S.